The van der Waals surface area contributed by atoms with Crippen LogP contribution in [0.1, 0.15) is 25.0 Å². The van der Waals surface area contributed by atoms with Crippen LogP contribution in [-0.4, -0.2) is 5.91 Å². The number of hydrogen-bond acceptors (Lipinski definition) is 2. The fourth-order valence-corrected chi connectivity index (χ4v) is 1.19. The Balaban J connectivity index is 2.47. The number of carbonyl (C=O) groups excluding carboxylic acids is 1. The minimum Gasteiger partial charge on any atom is -0.352 e. The molecule has 1 aromatic carbocycles. The van der Waals surface area contributed by atoms with Crippen LogP contribution in [0.15, 0.2) is 24.3 Å². The number of hydrogen-bond donors (Lipinski definition) is 2. The molecule has 3 N–H and O–H groups in total. The summed E-state index contributed by atoms with van der Waals surface area (Å²) in [6, 6.07) is 7.94. The minimum absolute atomic E-state index is 0.0355. The van der Waals surface area contributed by atoms with Gasteiger partial charge in [-0.05, 0) is 11.1 Å². The molecule has 0 spiro atoms. The van der Waals surface area contributed by atoms with E-state index in [1.54, 1.807) is 0 Å². The van der Waals surface area contributed by atoms with Gasteiger partial charge in [-0.2, -0.15) is 0 Å². The molecular formula is C12H18N2O. The summed E-state index contributed by atoms with van der Waals surface area (Å²) < 4.78 is 0. The third kappa shape index (κ3) is 3.72. The molecule has 0 bridgehead atoms. The van der Waals surface area contributed by atoms with Crippen molar-refractivity contribution in [2.75, 3.05) is 0 Å². The molecule has 0 saturated carbocycles. The Morgan fingerprint density at radius 1 is 1.27 bits per heavy atom. The zero-order chi connectivity index (χ0) is 11.3. The molecule has 1 aromatic rings. The maximum atomic E-state index is 11.3. The smallest absolute Gasteiger partial charge is 0.222 e. The van der Waals surface area contributed by atoms with Crippen molar-refractivity contribution in [3.8, 4) is 0 Å². The summed E-state index contributed by atoms with van der Waals surface area (Å²) in [6.45, 7) is 4.90. The molecule has 0 atom stereocenters. The molecule has 0 aliphatic carbocycles. The first-order valence-electron chi connectivity index (χ1n) is 5.19. The molecule has 0 aromatic heterocycles. The predicted molar refractivity (Wildman–Crippen MR) is 61.0 cm³/mol. The number of rotatable bonds is 4. The summed E-state index contributed by atoms with van der Waals surface area (Å²) >= 11 is 0. The normalized spacial score (nSPS) is 10.4. The standard InChI is InChI=1S/C12H18N2O/c1-9(2)12(15)14-8-11-5-3-10(7-13)4-6-11/h3-6,9H,7-8,13H2,1-2H3,(H,14,15). The first-order chi connectivity index (χ1) is 7.13. The Kier molecular flexibility index (Phi) is 4.31. The highest BCUT2D eigenvalue weighted by molar-refractivity contribution is 5.77. The van der Waals surface area contributed by atoms with Gasteiger partial charge in [-0.25, -0.2) is 0 Å². The van der Waals surface area contributed by atoms with E-state index in [-0.39, 0.29) is 11.8 Å². The molecule has 0 heterocycles. The monoisotopic (exact) mass is 206 g/mol. The van der Waals surface area contributed by atoms with Crippen molar-refractivity contribution in [2.45, 2.75) is 26.9 Å². The van der Waals surface area contributed by atoms with E-state index in [9.17, 15) is 4.79 Å². The zero-order valence-electron chi connectivity index (χ0n) is 9.29. The van der Waals surface area contributed by atoms with Gasteiger partial charge in [0, 0.05) is 19.0 Å². The lowest BCUT2D eigenvalue weighted by Gasteiger charge is -2.07. The van der Waals surface area contributed by atoms with Gasteiger partial charge in [-0.1, -0.05) is 38.1 Å². The van der Waals surface area contributed by atoms with E-state index in [0.717, 1.165) is 11.1 Å². The Morgan fingerprint density at radius 3 is 2.27 bits per heavy atom. The van der Waals surface area contributed by atoms with Crippen LogP contribution in [0.4, 0.5) is 0 Å². The van der Waals surface area contributed by atoms with Crippen LogP contribution in [0.2, 0.25) is 0 Å². The van der Waals surface area contributed by atoms with E-state index >= 15 is 0 Å². The van der Waals surface area contributed by atoms with Gasteiger partial charge in [0.05, 0.1) is 0 Å². The van der Waals surface area contributed by atoms with Crippen LogP contribution < -0.4 is 11.1 Å². The summed E-state index contributed by atoms with van der Waals surface area (Å²) in [5.74, 6) is 0.117. The zero-order valence-corrected chi connectivity index (χ0v) is 9.29. The van der Waals surface area contributed by atoms with Crippen molar-refractivity contribution in [3.63, 3.8) is 0 Å². The van der Waals surface area contributed by atoms with E-state index in [2.05, 4.69) is 5.32 Å². The molecule has 3 nitrogen and oxygen atoms in total. The second-order valence-electron chi connectivity index (χ2n) is 3.89. The number of nitrogens with one attached hydrogen (secondary N) is 1. The molecule has 0 fully saturated rings. The topological polar surface area (TPSA) is 55.1 Å². The van der Waals surface area contributed by atoms with E-state index in [4.69, 9.17) is 5.73 Å². The summed E-state index contributed by atoms with van der Waals surface area (Å²) in [5.41, 5.74) is 7.70. The number of nitrogens with two attached hydrogens (primary N) is 1. The van der Waals surface area contributed by atoms with Gasteiger partial charge in [-0.3, -0.25) is 4.79 Å². The first kappa shape index (κ1) is 11.7. The predicted octanol–water partition coefficient (Wildman–Crippen LogP) is 1.42. The van der Waals surface area contributed by atoms with Gasteiger partial charge in [0.25, 0.3) is 0 Å². The lowest BCUT2D eigenvalue weighted by atomic mass is 10.1. The number of carbonyl (C=O) groups is 1. The Labute approximate surface area is 90.7 Å². The fourth-order valence-electron chi connectivity index (χ4n) is 1.19. The number of amides is 1. The first-order valence-corrected chi connectivity index (χ1v) is 5.19. The third-order valence-electron chi connectivity index (χ3n) is 2.25. The van der Waals surface area contributed by atoms with E-state index < -0.39 is 0 Å². The molecule has 1 amide bonds. The molecular weight excluding hydrogens is 188 g/mol. The van der Waals surface area contributed by atoms with Crippen LogP contribution in [-0.2, 0) is 17.9 Å². The largest absolute Gasteiger partial charge is 0.352 e. The van der Waals surface area contributed by atoms with Crippen LogP contribution in [0.3, 0.4) is 0 Å². The second-order valence-corrected chi connectivity index (χ2v) is 3.89. The van der Waals surface area contributed by atoms with Crippen molar-refractivity contribution >= 4 is 5.91 Å². The second kappa shape index (κ2) is 5.51. The van der Waals surface area contributed by atoms with Gasteiger partial charge in [0.15, 0.2) is 0 Å². The van der Waals surface area contributed by atoms with Crippen molar-refractivity contribution in [3.05, 3.63) is 35.4 Å². The van der Waals surface area contributed by atoms with Crippen molar-refractivity contribution in [1.82, 2.24) is 5.32 Å². The van der Waals surface area contributed by atoms with Gasteiger partial charge in [0.1, 0.15) is 0 Å². The summed E-state index contributed by atoms with van der Waals surface area (Å²) in [7, 11) is 0. The molecule has 0 aliphatic rings. The highest BCUT2D eigenvalue weighted by Gasteiger charge is 2.05. The van der Waals surface area contributed by atoms with Crippen molar-refractivity contribution in [2.24, 2.45) is 11.7 Å². The van der Waals surface area contributed by atoms with Gasteiger partial charge in [0.2, 0.25) is 5.91 Å². The highest BCUT2D eigenvalue weighted by Crippen LogP contribution is 2.03. The van der Waals surface area contributed by atoms with Crippen LogP contribution in [0.25, 0.3) is 0 Å². The molecule has 0 saturated heterocycles. The molecule has 1 rings (SSSR count). The fraction of sp³-hybridized carbons (Fsp3) is 0.417. The van der Waals surface area contributed by atoms with E-state index in [1.165, 1.54) is 0 Å². The molecule has 3 heteroatoms. The summed E-state index contributed by atoms with van der Waals surface area (Å²) in [6.07, 6.45) is 0. The van der Waals surface area contributed by atoms with E-state index in [0.29, 0.717) is 13.1 Å². The number of benzene rings is 1. The van der Waals surface area contributed by atoms with Gasteiger partial charge < -0.3 is 11.1 Å². The molecule has 82 valence electrons. The molecule has 0 radical (unpaired) electrons. The summed E-state index contributed by atoms with van der Waals surface area (Å²) in [4.78, 5) is 11.3. The maximum Gasteiger partial charge on any atom is 0.222 e. The summed E-state index contributed by atoms with van der Waals surface area (Å²) in [5, 5.41) is 2.87. The average Bonchev–Trinajstić information content (AvgIpc) is 2.26. The van der Waals surface area contributed by atoms with Crippen molar-refractivity contribution in [1.29, 1.82) is 0 Å². The van der Waals surface area contributed by atoms with Gasteiger partial charge >= 0.3 is 0 Å². The lowest BCUT2D eigenvalue weighted by Crippen LogP contribution is -2.27. The van der Waals surface area contributed by atoms with Crippen LogP contribution in [0.5, 0.6) is 0 Å². The Hall–Kier alpha value is -1.35. The van der Waals surface area contributed by atoms with Crippen LogP contribution in [0, 0.1) is 5.92 Å². The maximum absolute atomic E-state index is 11.3. The Morgan fingerprint density at radius 2 is 1.80 bits per heavy atom. The SMILES string of the molecule is CC(C)C(=O)NCc1ccc(CN)cc1. The van der Waals surface area contributed by atoms with Gasteiger partial charge in [-0.15, -0.1) is 0 Å². The molecule has 0 aliphatic heterocycles. The quantitative estimate of drug-likeness (QED) is 0.782. The highest BCUT2D eigenvalue weighted by atomic mass is 16.1. The average molecular weight is 206 g/mol. The third-order valence-corrected chi connectivity index (χ3v) is 2.25. The molecule has 0 unspecified atom stereocenters. The Bertz CT molecular complexity index is 317. The molecule has 15 heavy (non-hydrogen) atoms. The van der Waals surface area contributed by atoms with Crippen LogP contribution >= 0.6 is 0 Å². The van der Waals surface area contributed by atoms with E-state index in [1.807, 2.05) is 38.1 Å². The minimum atomic E-state index is 0.0355. The lowest BCUT2D eigenvalue weighted by molar-refractivity contribution is -0.124. The van der Waals surface area contributed by atoms with Crippen molar-refractivity contribution < 1.29 is 4.79 Å².